The van der Waals surface area contributed by atoms with Gasteiger partial charge in [-0.3, -0.25) is 4.79 Å². The molecular weight excluding hydrogens is 248 g/mol. The van der Waals surface area contributed by atoms with Gasteiger partial charge < -0.3 is 14.7 Å². The molecule has 1 aromatic carbocycles. The molecule has 0 bridgehead atoms. The van der Waals surface area contributed by atoms with Gasteiger partial charge in [0.25, 0.3) is 5.78 Å². The second-order valence-corrected chi connectivity index (χ2v) is 3.75. The van der Waals surface area contributed by atoms with Crippen LogP contribution in [0.1, 0.15) is 17.3 Å². The third kappa shape index (κ3) is 2.62. The molecule has 1 heterocycles. The predicted octanol–water partition coefficient (Wildman–Crippen LogP) is 1.12. The normalized spacial score (nSPS) is 10.2. The monoisotopic (exact) mass is 260 g/mol. The molecule has 2 N–H and O–H groups in total. The number of hydrogen-bond donors (Lipinski definition) is 2. The first-order valence-electron chi connectivity index (χ1n) is 5.72. The number of aromatic amines is 2. The van der Waals surface area contributed by atoms with E-state index in [0.717, 1.165) is 0 Å². The summed E-state index contributed by atoms with van der Waals surface area (Å²) < 4.78 is 4.69. The minimum absolute atomic E-state index is 0.133. The summed E-state index contributed by atoms with van der Waals surface area (Å²) in [6.07, 6.45) is 1.44. The minimum Gasteiger partial charge on any atom is -0.460 e. The van der Waals surface area contributed by atoms with Crippen molar-refractivity contribution in [1.29, 1.82) is 0 Å². The Labute approximate surface area is 108 Å². The molecule has 0 atom stereocenters. The largest absolute Gasteiger partial charge is 0.460 e. The van der Waals surface area contributed by atoms with Gasteiger partial charge in [0.15, 0.2) is 0 Å². The number of ketones is 1. The van der Waals surface area contributed by atoms with E-state index in [1.54, 1.807) is 25.1 Å². The highest BCUT2D eigenvalue weighted by Crippen LogP contribution is 2.21. The first-order chi connectivity index (χ1) is 9.13. The number of ether oxygens (including phenoxy) is 1. The summed E-state index contributed by atoms with van der Waals surface area (Å²) in [6.45, 7) is 1.76. The second kappa shape index (κ2) is 5.34. The first kappa shape index (κ1) is 12.8. The molecule has 0 saturated carbocycles. The molecular formula is C13H12N2O4. The van der Waals surface area contributed by atoms with Gasteiger partial charge in [0.2, 0.25) is 0 Å². The topological polar surface area (TPSA) is 92.0 Å². The number of esters is 1. The molecule has 0 unspecified atom stereocenters. The fourth-order valence-corrected chi connectivity index (χ4v) is 1.70. The van der Waals surface area contributed by atoms with Crippen LogP contribution in [-0.2, 0) is 9.53 Å². The highest BCUT2D eigenvalue weighted by atomic mass is 16.5. The van der Waals surface area contributed by atoms with Gasteiger partial charge in [0, 0.05) is 17.3 Å². The van der Waals surface area contributed by atoms with Crippen LogP contribution in [0.3, 0.4) is 0 Å². The molecule has 19 heavy (non-hydrogen) atoms. The molecule has 0 aliphatic heterocycles. The van der Waals surface area contributed by atoms with Gasteiger partial charge in [-0.1, -0.05) is 24.3 Å². The van der Waals surface area contributed by atoms with E-state index in [0.29, 0.717) is 11.3 Å². The van der Waals surface area contributed by atoms with Crippen LogP contribution in [-0.4, -0.2) is 28.3 Å². The molecule has 0 radical (unpaired) electrons. The Hall–Kier alpha value is -2.63. The lowest BCUT2D eigenvalue weighted by Crippen LogP contribution is -2.18. The van der Waals surface area contributed by atoms with Gasteiger partial charge in [0.05, 0.1) is 12.3 Å². The SMILES string of the molecule is CCOC(=O)C(=O)c1ccccc1-c1c[nH]c(=O)[nH]1. The van der Waals surface area contributed by atoms with Gasteiger partial charge in [-0.25, -0.2) is 9.59 Å². The van der Waals surface area contributed by atoms with Gasteiger partial charge in [-0.2, -0.15) is 0 Å². The van der Waals surface area contributed by atoms with Crippen LogP contribution in [0.25, 0.3) is 11.3 Å². The summed E-state index contributed by atoms with van der Waals surface area (Å²) in [4.78, 5) is 39.5. The highest BCUT2D eigenvalue weighted by Gasteiger charge is 2.21. The smallest absolute Gasteiger partial charge is 0.379 e. The molecule has 0 amide bonds. The first-order valence-corrected chi connectivity index (χ1v) is 5.72. The number of rotatable bonds is 4. The molecule has 6 nitrogen and oxygen atoms in total. The van der Waals surface area contributed by atoms with Crippen molar-refractivity contribution < 1.29 is 14.3 Å². The lowest BCUT2D eigenvalue weighted by Gasteiger charge is -2.06. The number of nitrogens with one attached hydrogen (secondary N) is 2. The maximum absolute atomic E-state index is 12.0. The van der Waals surface area contributed by atoms with E-state index in [-0.39, 0.29) is 17.9 Å². The Morgan fingerprint density at radius 1 is 1.26 bits per heavy atom. The van der Waals surface area contributed by atoms with Gasteiger partial charge in [0.1, 0.15) is 0 Å². The van der Waals surface area contributed by atoms with E-state index in [2.05, 4.69) is 14.7 Å². The molecule has 1 aromatic heterocycles. The highest BCUT2D eigenvalue weighted by molar-refractivity contribution is 6.41. The van der Waals surface area contributed by atoms with E-state index in [1.807, 2.05) is 0 Å². The maximum atomic E-state index is 12.0. The lowest BCUT2D eigenvalue weighted by atomic mass is 10.0. The van der Waals surface area contributed by atoms with Crippen LogP contribution in [0.2, 0.25) is 0 Å². The Bertz CT molecular complexity index is 669. The Kier molecular flexibility index (Phi) is 3.61. The van der Waals surface area contributed by atoms with E-state index >= 15 is 0 Å². The molecule has 0 aliphatic carbocycles. The number of imidazole rings is 1. The average Bonchev–Trinajstić information content (AvgIpc) is 2.85. The zero-order valence-electron chi connectivity index (χ0n) is 10.2. The number of Topliss-reactive ketones (excluding diaryl/α,β-unsaturated/α-hetero) is 1. The van der Waals surface area contributed by atoms with Crippen molar-refractivity contribution in [1.82, 2.24) is 9.97 Å². The maximum Gasteiger partial charge on any atom is 0.379 e. The summed E-state index contributed by atoms with van der Waals surface area (Å²) in [6, 6.07) is 6.51. The van der Waals surface area contributed by atoms with Crippen LogP contribution in [0.5, 0.6) is 0 Å². The van der Waals surface area contributed by atoms with Crippen molar-refractivity contribution >= 4 is 11.8 Å². The standard InChI is InChI=1S/C13H12N2O4/c1-2-19-12(17)11(16)9-6-4-3-5-8(9)10-7-14-13(18)15-10/h3-7H,2H2,1H3,(H2,14,15,18). The second-order valence-electron chi connectivity index (χ2n) is 3.75. The summed E-state index contributed by atoms with van der Waals surface area (Å²) in [7, 11) is 0. The van der Waals surface area contributed by atoms with Crippen molar-refractivity contribution in [2.75, 3.05) is 6.61 Å². The van der Waals surface area contributed by atoms with Gasteiger partial charge in [-0.15, -0.1) is 0 Å². The van der Waals surface area contributed by atoms with Crippen molar-refractivity contribution in [2.45, 2.75) is 6.92 Å². The molecule has 2 rings (SSSR count). The summed E-state index contributed by atoms with van der Waals surface area (Å²) in [5.74, 6) is -1.65. The number of H-pyrrole nitrogens is 2. The third-order valence-corrected chi connectivity index (χ3v) is 2.52. The zero-order chi connectivity index (χ0) is 13.8. The third-order valence-electron chi connectivity index (χ3n) is 2.52. The fourth-order valence-electron chi connectivity index (χ4n) is 1.70. The van der Waals surface area contributed by atoms with Crippen LogP contribution in [0.4, 0.5) is 0 Å². The Morgan fingerprint density at radius 3 is 2.63 bits per heavy atom. The number of aromatic nitrogens is 2. The Morgan fingerprint density at radius 2 is 2.00 bits per heavy atom. The number of hydrogen-bond acceptors (Lipinski definition) is 4. The van der Waals surface area contributed by atoms with Crippen molar-refractivity contribution in [3.63, 3.8) is 0 Å². The average molecular weight is 260 g/mol. The molecule has 6 heteroatoms. The van der Waals surface area contributed by atoms with Crippen LogP contribution in [0.15, 0.2) is 35.3 Å². The van der Waals surface area contributed by atoms with E-state index in [4.69, 9.17) is 0 Å². The van der Waals surface area contributed by atoms with Crippen molar-refractivity contribution in [3.8, 4) is 11.3 Å². The summed E-state index contributed by atoms with van der Waals surface area (Å²) >= 11 is 0. The predicted molar refractivity (Wildman–Crippen MR) is 67.8 cm³/mol. The van der Waals surface area contributed by atoms with E-state index < -0.39 is 11.8 Å². The fraction of sp³-hybridized carbons (Fsp3) is 0.154. The van der Waals surface area contributed by atoms with Crippen LogP contribution < -0.4 is 5.69 Å². The van der Waals surface area contributed by atoms with Crippen molar-refractivity contribution in [3.05, 3.63) is 46.5 Å². The lowest BCUT2D eigenvalue weighted by molar-refractivity contribution is -0.137. The van der Waals surface area contributed by atoms with Gasteiger partial charge >= 0.3 is 11.7 Å². The molecule has 0 fully saturated rings. The molecule has 98 valence electrons. The zero-order valence-corrected chi connectivity index (χ0v) is 10.2. The molecule has 0 spiro atoms. The number of carbonyl (C=O) groups is 2. The summed E-state index contributed by atoms with van der Waals surface area (Å²) in [5.41, 5.74) is 0.724. The van der Waals surface area contributed by atoms with Crippen LogP contribution >= 0.6 is 0 Å². The minimum atomic E-state index is -0.909. The van der Waals surface area contributed by atoms with Gasteiger partial charge in [-0.05, 0) is 6.92 Å². The number of benzene rings is 1. The quantitative estimate of drug-likeness (QED) is 0.489. The van der Waals surface area contributed by atoms with Crippen LogP contribution in [0, 0.1) is 0 Å². The Balaban J connectivity index is 2.44. The van der Waals surface area contributed by atoms with E-state index in [9.17, 15) is 14.4 Å². The molecule has 0 saturated heterocycles. The molecule has 0 aliphatic rings. The molecule has 2 aromatic rings. The van der Waals surface area contributed by atoms with E-state index in [1.165, 1.54) is 12.3 Å². The summed E-state index contributed by atoms with van der Waals surface area (Å²) in [5, 5.41) is 0. The van der Waals surface area contributed by atoms with Crippen molar-refractivity contribution in [2.24, 2.45) is 0 Å². The number of carbonyl (C=O) groups excluding carboxylic acids is 2.